The van der Waals surface area contributed by atoms with E-state index in [0.29, 0.717) is 5.56 Å². The summed E-state index contributed by atoms with van der Waals surface area (Å²) in [6.07, 6.45) is 1.52. The van der Waals surface area contributed by atoms with Crippen LogP contribution in [0, 0.1) is 11.3 Å². The quantitative estimate of drug-likeness (QED) is 0.716. The second-order valence-electron chi connectivity index (χ2n) is 3.10. The average Bonchev–Trinajstić information content (AvgIpc) is 2.30. The van der Waals surface area contributed by atoms with Crippen molar-refractivity contribution in [2.45, 2.75) is 0 Å². The van der Waals surface area contributed by atoms with Crippen LogP contribution in [0.5, 0.6) is 0 Å². The molecule has 0 radical (unpaired) electrons. The molecule has 4 nitrogen and oxygen atoms in total. The van der Waals surface area contributed by atoms with Gasteiger partial charge in [-0.05, 0) is 0 Å². The zero-order valence-corrected chi connectivity index (χ0v) is 10.4. The Bertz CT molecular complexity index is 583. The van der Waals surface area contributed by atoms with Crippen LogP contribution in [-0.4, -0.2) is 25.7 Å². The SMILES string of the molecule is N#Cc1ccc([AsH]c2nccc(=O)[nH]2)cc1. The first kappa shape index (κ1) is 10.7. The minimum atomic E-state index is -0.624. The molecule has 0 amide bonds. The van der Waals surface area contributed by atoms with Crippen molar-refractivity contribution in [2.24, 2.45) is 0 Å². The number of benzene rings is 1. The molecular weight excluding hydrogens is 265 g/mol. The topological polar surface area (TPSA) is 69.5 Å². The van der Waals surface area contributed by atoms with Gasteiger partial charge in [0.1, 0.15) is 0 Å². The van der Waals surface area contributed by atoms with E-state index in [1.54, 1.807) is 12.1 Å². The van der Waals surface area contributed by atoms with Crippen LogP contribution in [0.1, 0.15) is 5.56 Å². The zero-order valence-electron chi connectivity index (χ0n) is 8.27. The van der Waals surface area contributed by atoms with Gasteiger partial charge in [-0.25, -0.2) is 0 Å². The molecule has 1 N–H and O–H groups in total. The third-order valence-electron chi connectivity index (χ3n) is 1.95. The van der Waals surface area contributed by atoms with Crippen molar-refractivity contribution in [2.75, 3.05) is 0 Å². The van der Waals surface area contributed by atoms with Crippen molar-refractivity contribution in [3.8, 4) is 6.07 Å². The van der Waals surface area contributed by atoms with Crippen LogP contribution in [0.4, 0.5) is 0 Å². The fraction of sp³-hybridized carbons (Fsp3) is 0. The van der Waals surface area contributed by atoms with Crippen molar-refractivity contribution in [3.05, 3.63) is 52.4 Å². The van der Waals surface area contributed by atoms with Gasteiger partial charge in [-0.15, -0.1) is 0 Å². The van der Waals surface area contributed by atoms with Crippen molar-refractivity contribution in [1.29, 1.82) is 5.26 Å². The monoisotopic (exact) mass is 273 g/mol. The summed E-state index contributed by atoms with van der Waals surface area (Å²) in [7, 11) is 0. The summed E-state index contributed by atoms with van der Waals surface area (Å²) in [5, 5.41) is 8.65. The molecule has 78 valence electrons. The molecule has 1 aromatic heterocycles. The summed E-state index contributed by atoms with van der Waals surface area (Å²) in [6.45, 7) is 0. The standard InChI is InChI=1S/C11H8AsN3O/c13-7-8-1-3-9(4-2-8)12-11-14-6-5-10(16)15-11/h1-6,12H,(H,14,15,16). The van der Waals surface area contributed by atoms with Gasteiger partial charge in [-0.1, -0.05) is 0 Å². The van der Waals surface area contributed by atoms with E-state index in [0.717, 1.165) is 8.96 Å². The number of nitrogens with zero attached hydrogens (tertiary/aromatic N) is 2. The molecular formula is C11H8AsN3O. The fourth-order valence-electron chi connectivity index (χ4n) is 1.20. The molecule has 16 heavy (non-hydrogen) atoms. The normalized spacial score (nSPS) is 10.4. The molecule has 2 aromatic rings. The van der Waals surface area contributed by atoms with Crippen LogP contribution in [0.15, 0.2) is 41.3 Å². The molecule has 0 fully saturated rings. The Morgan fingerprint density at radius 2 is 2.00 bits per heavy atom. The number of hydrogen-bond acceptors (Lipinski definition) is 3. The first-order valence-electron chi connectivity index (χ1n) is 4.60. The maximum absolute atomic E-state index is 11.1. The van der Waals surface area contributed by atoms with Crippen molar-refractivity contribution in [1.82, 2.24) is 9.97 Å². The third kappa shape index (κ3) is 2.59. The Morgan fingerprint density at radius 3 is 2.62 bits per heavy atom. The molecule has 1 aromatic carbocycles. The first-order valence-corrected chi connectivity index (χ1v) is 6.70. The molecule has 0 aliphatic rings. The summed E-state index contributed by atoms with van der Waals surface area (Å²) in [5.41, 5.74) is 0.521. The van der Waals surface area contributed by atoms with Gasteiger partial charge in [-0.3, -0.25) is 0 Å². The van der Waals surface area contributed by atoms with E-state index in [-0.39, 0.29) is 5.56 Å². The summed E-state index contributed by atoms with van der Waals surface area (Å²) in [6, 6.07) is 10.8. The second-order valence-corrected chi connectivity index (χ2v) is 5.83. The number of rotatable bonds is 2. The number of nitriles is 1. The van der Waals surface area contributed by atoms with Crippen molar-refractivity contribution < 1.29 is 0 Å². The number of H-pyrrole nitrogens is 1. The first-order chi connectivity index (χ1) is 7.78. The Balaban J connectivity index is 2.21. The van der Waals surface area contributed by atoms with E-state index in [1.165, 1.54) is 12.3 Å². The van der Waals surface area contributed by atoms with Gasteiger partial charge in [0.2, 0.25) is 0 Å². The molecule has 0 aliphatic carbocycles. The van der Waals surface area contributed by atoms with Crippen molar-refractivity contribution >= 4 is 24.7 Å². The van der Waals surface area contributed by atoms with Gasteiger partial charge in [0.15, 0.2) is 0 Å². The van der Waals surface area contributed by atoms with E-state index >= 15 is 0 Å². The zero-order chi connectivity index (χ0) is 11.4. The minimum absolute atomic E-state index is 0.123. The van der Waals surface area contributed by atoms with Gasteiger partial charge in [0.05, 0.1) is 0 Å². The Hall–Kier alpha value is -1.85. The second kappa shape index (κ2) is 4.78. The van der Waals surface area contributed by atoms with E-state index in [1.807, 2.05) is 12.1 Å². The molecule has 5 heteroatoms. The average molecular weight is 273 g/mol. The maximum atomic E-state index is 11.1. The van der Waals surface area contributed by atoms with E-state index in [4.69, 9.17) is 5.26 Å². The molecule has 0 saturated carbocycles. The number of nitrogens with one attached hydrogen (secondary N) is 1. The Morgan fingerprint density at radius 1 is 1.25 bits per heavy atom. The molecule has 0 saturated heterocycles. The van der Waals surface area contributed by atoms with E-state index in [2.05, 4.69) is 16.0 Å². The molecule has 2 rings (SSSR count). The van der Waals surface area contributed by atoms with Crippen molar-refractivity contribution in [3.63, 3.8) is 0 Å². The number of hydrogen-bond donors (Lipinski definition) is 1. The molecule has 1 heterocycles. The Kier molecular flexibility index (Phi) is 3.18. The van der Waals surface area contributed by atoms with E-state index in [9.17, 15) is 4.79 Å². The summed E-state index contributed by atoms with van der Waals surface area (Å²) < 4.78 is 1.88. The van der Waals surface area contributed by atoms with E-state index < -0.39 is 15.8 Å². The van der Waals surface area contributed by atoms with Crippen LogP contribution < -0.4 is 14.5 Å². The Labute approximate surface area is 98.7 Å². The molecule has 0 aliphatic heterocycles. The van der Waals surface area contributed by atoms with Crippen LogP contribution in [0.3, 0.4) is 0 Å². The number of aromatic nitrogens is 2. The fourth-order valence-corrected chi connectivity index (χ4v) is 3.15. The van der Waals surface area contributed by atoms with Gasteiger partial charge >= 0.3 is 98.5 Å². The number of aromatic amines is 1. The summed E-state index contributed by atoms with van der Waals surface area (Å²) in [5.74, 6) is 0. The van der Waals surface area contributed by atoms with Crippen LogP contribution in [-0.2, 0) is 0 Å². The summed E-state index contributed by atoms with van der Waals surface area (Å²) >= 11 is -0.624. The van der Waals surface area contributed by atoms with Gasteiger partial charge in [-0.2, -0.15) is 0 Å². The molecule has 0 spiro atoms. The van der Waals surface area contributed by atoms with Crippen LogP contribution in [0.2, 0.25) is 0 Å². The molecule has 0 bridgehead atoms. The van der Waals surface area contributed by atoms with Crippen LogP contribution in [0.25, 0.3) is 0 Å². The molecule has 1 atom stereocenters. The molecule has 1 unspecified atom stereocenters. The predicted octanol–water partition coefficient (Wildman–Crippen LogP) is -0.971. The third-order valence-corrected chi connectivity index (χ3v) is 4.28. The summed E-state index contributed by atoms with van der Waals surface area (Å²) in [4.78, 5) is 17.9. The predicted molar refractivity (Wildman–Crippen MR) is 62.4 cm³/mol. The van der Waals surface area contributed by atoms with Gasteiger partial charge in [0, 0.05) is 0 Å². The van der Waals surface area contributed by atoms with Gasteiger partial charge < -0.3 is 0 Å². The van der Waals surface area contributed by atoms with Gasteiger partial charge in [0.25, 0.3) is 0 Å². The van der Waals surface area contributed by atoms with Crippen LogP contribution >= 0.6 is 0 Å².